The quantitative estimate of drug-likeness (QED) is 0.800. The Morgan fingerprint density at radius 3 is 2.76 bits per heavy atom. The van der Waals surface area contributed by atoms with E-state index in [1.807, 2.05) is 18.7 Å². The zero-order valence-corrected chi connectivity index (χ0v) is 12.8. The molecular formula is C12H18BrClN2O. The van der Waals surface area contributed by atoms with E-state index in [4.69, 9.17) is 16.3 Å². The lowest BCUT2D eigenvalue weighted by Gasteiger charge is -2.30. The first-order valence-corrected chi connectivity index (χ1v) is 7.18. The number of nitrogens with zero attached hydrogens (tertiary/aromatic N) is 2. The van der Waals surface area contributed by atoms with Crippen LogP contribution in [0.15, 0.2) is 4.47 Å². The largest absolute Gasteiger partial charge is 0.378 e. The highest BCUT2D eigenvalue weighted by atomic mass is 79.9. The van der Waals surface area contributed by atoms with Crippen molar-refractivity contribution in [2.24, 2.45) is 12.5 Å². The van der Waals surface area contributed by atoms with Gasteiger partial charge in [-0.05, 0) is 42.6 Å². The zero-order chi connectivity index (χ0) is 12.6. The van der Waals surface area contributed by atoms with Crippen molar-refractivity contribution in [3.63, 3.8) is 0 Å². The molecule has 17 heavy (non-hydrogen) atoms. The first-order chi connectivity index (χ1) is 8.00. The molecule has 3 nitrogen and oxygen atoms in total. The summed E-state index contributed by atoms with van der Waals surface area (Å²) in [7, 11) is 1.98. The standard InChI is InChI=1S/C12H18BrClN2O/c1-8-11(13)10(16(3)15-8)6-12(7-14)4-5-17-9(12)2/h9H,4-7H2,1-3H3. The normalized spacial score (nSPS) is 28.9. The molecule has 1 fully saturated rings. The van der Waals surface area contributed by atoms with Crippen molar-refractivity contribution in [3.05, 3.63) is 15.9 Å². The van der Waals surface area contributed by atoms with E-state index in [-0.39, 0.29) is 11.5 Å². The van der Waals surface area contributed by atoms with Crippen LogP contribution in [0, 0.1) is 12.3 Å². The number of rotatable bonds is 3. The molecule has 2 heterocycles. The molecule has 0 aliphatic carbocycles. The van der Waals surface area contributed by atoms with Gasteiger partial charge in [-0.1, -0.05) is 0 Å². The average Bonchev–Trinajstić information content (AvgIpc) is 2.76. The Morgan fingerprint density at radius 2 is 2.35 bits per heavy atom. The minimum Gasteiger partial charge on any atom is -0.378 e. The van der Waals surface area contributed by atoms with Crippen LogP contribution in [0.3, 0.4) is 0 Å². The van der Waals surface area contributed by atoms with Crippen molar-refractivity contribution in [1.29, 1.82) is 0 Å². The second-order valence-electron chi connectivity index (χ2n) is 4.91. The lowest BCUT2D eigenvalue weighted by atomic mass is 9.79. The maximum atomic E-state index is 6.20. The van der Waals surface area contributed by atoms with Crippen LogP contribution in [-0.4, -0.2) is 28.4 Å². The van der Waals surface area contributed by atoms with Crippen molar-refractivity contribution in [1.82, 2.24) is 9.78 Å². The Bertz CT molecular complexity index is 421. The van der Waals surface area contributed by atoms with Crippen LogP contribution in [0.2, 0.25) is 0 Å². The number of aromatic nitrogens is 2. The van der Waals surface area contributed by atoms with Crippen molar-refractivity contribution >= 4 is 27.5 Å². The molecule has 2 rings (SSSR count). The molecule has 0 spiro atoms. The van der Waals surface area contributed by atoms with Gasteiger partial charge in [-0.2, -0.15) is 5.10 Å². The number of aryl methyl sites for hydroxylation is 2. The molecule has 96 valence electrons. The molecule has 2 atom stereocenters. The Balaban J connectivity index is 2.30. The van der Waals surface area contributed by atoms with Crippen LogP contribution in [0.4, 0.5) is 0 Å². The van der Waals surface area contributed by atoms with Gasteiger partial charge in [-0.15, -0.1) is 11.6 Å². The molecule has 0 amide bonds. The third-order valence-corrected chi connectivity index (χ3v) is 5.44. The highest BCUT2D eigenvalue weighted by Crippen LogP contribution is 2.40. The maximum Gasteiger partial charge on any atom is 0.0738 e. The second-order valence-corrected chi connectivity index (χ2v) is 5.97. The summed E-state index contributed by atoms with van der Waals surface area (Å²) in [5, 5.41) is 4.43. The molecule has 0 radical (unpaired) electrons. The molecule has 1 aliphatic heterocycles. The van der Waals surface area contributed by atoms with Gasteiger partial charge in [0.05, 0.1) is 22.0 Å². The van der Waals surface area contributed by atoms with Gasteiger partial charge in [0, 0.05) is 24.9 Å². The third kappa shape index (κ3) is 2.27. The van der Waals surface area contributed by atoms with E-state index in [2.05, 4.69) is 28.0 Å². The van der Waals surface area contributed by atoms with Gasteiger partial charge in [-0.3, -0.25) is 4.68 Å². The summed E-state index contributed by atoms with van der Waals surface area (Å²) in [6.07, 6.45) is 2.14. The molecule has 1 aliphatic rings. The summed E-state index contributed by atoms with van der Waals surface area (Å²) in [6.45, 7) is 4.93. The first-order valence-electron chi connectivity index (χ1n) is 5.86. The van der Waals surface area contributed by atoms with E-state index in [0.717, 1.165) is 29.6 Å². The smallest absolute Gasteiger partial charge is 0.0738 e. The van der Waals surface area contributed by atoms with Crippen LogP contribution in [0.1, 0.15) is 24.7 Å². The van der Waals surface area contributed by atoms with Crippen molar-refractivity contribution in [3.8, 4) is 0 Å². The lowest BCUT2D eigenvalue weighted by molar-refractivity contribution is 0.0727. The van der Waals surface area contributed by atoms with E-state index in [0.29, 0.717) is 5.88 Å². The lowest BCUT2D eigenvalue weighted by Crippen LogP contribution is -2.34. The Kier molecular flexibility index (Phi) is 3.86. The molecule has 0 N–H and O–H groups in total. The van der Waals surface area contributed by atoms with Crippen LogP contribution in [0.25, 0.3) is 0 Å². The number of halogens is 2. The van der Waals surface area contributed by atoms with E-state index in [1.54, 1.807) is 0 Å². The van der Waals surface area contributed by atoms with Gasteiger partial charge >= 0.3 is 0 Å². The molecule has 1 saturated heterocycles. The maximum absolute atomic E-state index is 6.20. The summed E-state index contributed by atoms with van der Waals surface area (Å²) in [5.74, 6) is 0.630. The van der Waals surface area contributed by atoms with E-state index < -0.39 is 0 Å². The summed E-state index contributed by atoms with van der Waals surface area (Å²) in [4.78, 5) is 0. The average molecular weight is 322 g/mol. The molecule has 2 unspecified atom stereocenters. The van der Waals surface area contributed by atoms with Gasteiger partial charge < -0.3 is 4.74 Å². The summed E-state index contributed by atoms with van der Waals surface area (Å²) in [5.41, 5.74) is 2.28. The molecule has 1 aromatic rings. The summed E-state index contributed by atoms with van der Waals surface area (Å²) < 4.78 is 8.73. The molecule has 0 saturated carbocycles. The number of hydrogen-bond acceptors (Lipinski definition) is 2. The Hall–Kier alpha value is -0.0600. The second kappa shape index (κ2) is 4.90. The fourth-order valence-corrected chi connectivity index (χ4v) is 3.40. The molecule has 1 aromatic heterocycles. The number of ether oxygens (including phenoxy) is 1. The van der Waals surface area contributed by atoms with Crippen molar-refractivity contribution < 1.29 is 4.74 Å². The predicted molar refractivity (Wildman–Crippen MR) is 72.5 cm³/mol. The van der Waals surface area contributed by atoms with Gasteiger partial charge in [0.15, 0.2) is 0 Å². The van der Waals surface area contributed by atoms with Crippen LogP contribution in [-0.2, 0) is 18.2 Å². The number of hydrogen-bond donors (Lipinski definition) is 0. The highest BCUT2D eigenvalue weighted by molar-refractivity contribution is 9.10. The summed E-state index contributed by atoms with van der Waals surface area (Å²) in [6, 6.07) is 0. The van der Waals surface area contributed by atoms with E-state index in [9.17, 15) is 0 Å². The predicted octanol–water partition coefficient (Wildman–Crippen LogP) is 3.07. The number of alkyl halides is 1. The monoisotopic (exact) mass is 320 g/mol. The highest BCUT2D eigenvalue weighted by Gasteiger charge is 2.42. The van der Waals surface area contributed by atoms with Gasteiger partial charge in [-0.25, -0.2) is 0 Å². The minimum absolute atomic E-state index is 0.0459. The summed E-state index contributed by atoms with van der Waals surface area (Å²) >= 11 is 9.81. The first kappa shape index (κ1) is 13.4. The fourth-order valence-electron chi connectivity index (χ4n) is 2.48. The van der Waals surface area contributed by atoms with Crippen LogP contribution in [0.5, 0.6) is 0 Å². The van der Waals surface area contributed by atoms with E-state index in [1.165, 1.54) is 5.69 Å². The molecule has 5 heteroatoms. The third-order valence-electron chi connectivity index (χ3n) is 3.88. The van der Waals surface area contributed by atoms with Crippen molar-refractivity contribution in [2.75, 3.05) is 12.5 Å². The minimum atomic E-state index is 0.0459. The molecule has 0 aromatic carbocycles. The topological polar surface area (TPSA) is 27.1 Å². The van der Waals surface area contributed by atoms with Gasteiger partial charge in [0.2, 0.25) is 0 Å². The Labute approximate surface area is 116 Å². The molecule has 0 bridgehead atoms. The van der Waals surface area contributed by atoms with Crippen LogP contribution >= 0.6 is 27.5 Å². The zero-order valence-electron chi connectivity index (χ0n) is 10.5. The van der Waals surface area contributed by atoms with Crippen molar-refractivity contribution in [2.45, 2.75) is 32.8 Å². The molecular weight excluding hydrogens is 304 g/mol. The van der Waals surface area contributed by atoms with Gasteiger partial charge in [0.1, 0.15) is 0 Å². The Morgan fingerprint density at radius 1 is 1.65 bits per heavy atom. The fraction of sp³-hybridized carbons (Fsp3) is 0.750. The van der Waals surface area contributed by atoms with Gasteiger partial charge in [0.25, 0.3) is 0 Å². The van der Waals surface area contributed by atoms with Crippen LogP contribution < -0.4 is 0 Å². The SMILES string of the molecule is Cc1nn(C)c(CC2(CCl)CCOC2C)c1Br. The van der Waals surface area contributed by atoms with E-state index >= 15 is 0 Å².